The molecule has 1 heterocycles. The Morgan fingerprint density at radius 1 is 1.38 bits per heavy atom. The number of hydrogen-bond acceptors (Lipinski definition) is 3. The van der Waals surface area contributed by atoms with Crippen LogP contribution in [0, 0.1) is 0 Å². The highest BCUT2D eigenvalue weighted by Crippen LogP contribution is 2.33. The lowest BCUT2D eigenvalue weighted by atomic mass is 9.93. The molecule has 3 heteroatoms. The number of thiazole rings is 1. The Morgan fingerprint density at radius 2 is 2.06 bits per heavy atom. The topological polar surface area (TPSA) is 12.9 Å². The zero-order chi connectivity index (χ0) is 11.6. The van der Waals surface area contributed by atoms with Crippen LogP contribution < -0.4 is 0 Å². The maximum Gasteiger partial charge on any atom is 0.103 e. The van der Waals surface area contributed by atoms with E-state index in [2.05, 4.69) is 37.9 Å². The zero-order valence-corrected chi connectivity index (χ0v) is 12.1. The predicted molar refractivity (Wildman–Crippen MR) is 74.4 cm³/mol. The maximum absolute atomic E-state index is 4.74. The molecule has 0 radical (unpaired) electrons. The fraction of sp³-hybridized carbons (Fsp3) is 0.769. The predicted octanol–water partition coefficient (Wildman–Crippen LogP) is 4.62. The first-order chi connectivity index (χ1) is 7.55. The molecule has 1 aromatic rings. The Kier molecular flexibility index (Phi) is 3.96. The summed E-state index contributed by atoms with van der Waals surface area (Å²) in [5, 5.41) is 4.44. The van der Waals surface area contributed by atoms with Crippen LogP contribution in [-0.4, -0.2) is 10.2 Å². The molecule has 1 aliphatic carbocycles. The van der Waals surface area contributed by atoms with Crippen LogP contribution in [0.15, 0.2) is 5.38 Å². The lowest BCUT2D eigenvalue weighted by Crippen LogP contribution is -2.11. The van der Waals surface area contributed by atoms with Crippen molar-refractivity contribution in [3.05, 3.63) is 16.1 Å². The number of hydrogen-bond donors (Lipinski definition) is 0. The minimum Gasteiger partial charge on any atom is -0.245 e. The van der Waals surface area contributed by atoms with E-state index in [9.17, 15) is 0 Å². The van der Waals surface area contributed by atoms with Gasteiger partial charge < -0.3 is 0 Å². The van der Waals surface area contributed by atoms with Gasteiger partial charge in [0.15, 0.2) is 0 Å². The van der Waals surface area contributed by atoms with Crippen LogP contribution in [0.25, 0.3) is 0 Å². The smallest absolute Gasteiger partial charge is 0.103 e. The van der Waals surface area contributed by atoms with Gasteiger partial charge in [-0.25, -0.2) is 4.98 Å². The van der Waals surface area contributed by atoms with Gasteiger partial charge in [-0.05, 0) is 12.8 Å². The van der Waals surface area contributed by atoms with Gasteiger partial charge >= 0.3 is 0 Å². The summed E-state index contributed by atoms with van der Waals surface area (Å²) in [6, 6.07) is 0. The molecule has 2 rings (SSSR count). The van der Waals surface area contributed by atoms with Crippen LogP contribution in [0.1, 0.15) is 57.2 Å². The van der Waals surface area contributed by atoms with Crippen molar-refractivity contribution < 1.29 is 0 Å². The van der Waals surface area contributed by atoms with E-state index in [1.165, 1.54) is 36.4 Å². The first-order valence-corrected chi connectivity index (χ1v) is 8.05. The van der Waals surface area contributed by atoms with Gasteiger partial charge in [-0.2, -0.15) is 11.8 Å². The third-order valence-electron chi connectivity index (χ3n) is 3.06. The molecule has 1 aliphatic rings. The van der Waals surface area contributed by atoms with Gasteiger partial charge in [0, 0.05) is 21.8 Å². The lowest BCUT2D eigenvalue weighted by Gasteiger charge is -2.14. The fourth-order valence-electron chi connectivity index (χ4n) is 1.97. The highest BCUT2D eigenvalue weighted by molar-refractivity contribution is 7.99. The van der Waals surface area contributed by atoms with Crippen LogP contribution in [0.2, 0.25) is 0 Å². The van der Waals surface area contributed by atoms with Crippen LogP contribution in [-0.2, 0) is 11.2 Å². The largest absolute Gasteiger partial charge is 0.245 e. The van der Waals surface area contributed by atoms with E-state index in [1.54, 1.807) is 0 Å². The molecule has 0 spiro atoms. The molecule has 0 atom stereocenters. The molecule has 0 saturated heterocycles. The normalized spacial score (nSPS) is 18.2. The van der Waals surface area contributed by atoms with Crippen molar-refractivity contribution in [2.24, 2.45) is 0 Å². The molecule has 0 N–H and O–H groups in total. The second kappa shape index (κ2) is 5.09. The molecular formula is C13H21NS2. The monoisotopic (exact) mass is 255 g/mol. The summed E-state index contributed by atoms with van der Waals surface area (Å²) in [6.45, 7) is 6.70. The summed E-state index contributed by atoms with van der Waals surface area (Å²) in [4.78, 5) is 4.74. The van der Waals surface area contributed by atoms with Crippen LogP contribution in [0.5, 0.6) is 0 Å². The van der Waals surface area contributed by atoms with Crippen molar-refractivity contribution in [2.45, 2.75) is 62.9 Å². The number of thioether (sulfide) groups is 1. The standard InChI is InChI=1S/C13H21NS2/c1-13(2,3)11-8-16-12(14-11)9-15-10-6-4-5-7-10/h8,10H,4-7,9H2,1-3H3. The van der Waals surface area contributed by atoms with Crippen molar-refractivity contribution >= 4 is 23.1 Å². The van der Waals surface area contributed by atoms with E-state index in [-0.39, 0.29) is 5.41 Å². The maximum atomic E-state index is 4.74. The van der Waals surface area contributed by atoms with E-state index in [4.69, 9.17) is 4.98 Å². The van der Waals surface area contributed by atoms with Gasteiger partial charge in [0.1, 0.15) is 5.01 Å². The van der Waals surface area contributed by atoms with Gasteiger partial charge in [0.2, 0.25) is 0 Å². The third kappa shape index (κ3) is 3.24. The van der Waals surface area contributed by atoms with Crippen molar-refractivity contribution in [1.82, 2.24) is 4.98 Å². The van der Waals surface area contributed by atoms with Crippen molar-refractivity contribution in [3.8, 4) is 0 Å². The first-order valence-electron chi connectivity index (χ1n) is 6.12. The Bertz CT molecular complexity index is 332. The summed E-state index contributed by atoms with van der Waals surface area (Å²) in [5.41, 5.74) is 1.45. The van der Waals surface area contributed by atoms with E-state index >= 15 is 0 Å². The Labute approximate surface area is 107 Å². The molecule has 16 heavy (non-hydrogen) atoms. The van der Waals surface area contributed by atoms with Gasteiger partial charge in [0.25, 0.3) is 0 Å². The fourth-order valence-corrected chi connectivity index (χ4v) is 4.36. The van der Waals surface area contributed by atoms with Crippen LogP contribution in [0.4, 0.5) is 0 Å². The van der Waals surface area contributed by atoms with Gasteiger partial charge in [-0.3, -0.25) is 0 Å². The van der Waals surface area contributed by atoms with Gasteiger partial charge in [0.05, 0.1) is 5.69 Å². The number of nitrogens with zero attached hydrogens (tertiary/aromatic N) is 1. The summed E-state index contributed by atoms with van der Waals surface area (Å²) < 4.78 is 0. The first kappa shape index (κ1) is 12.4. The number of aromatic nitrogens is 1. The lowest BCUT2D eigenvalue weighted by molar-refractivity contribution is 0.571. The SMILES string of the molecule is CC(C)(C)c1csc(CSC2CCCC2)n1. The average Bonchev–Trinajstić information content (AvgIpc) is 2.85. The molecule has 1 saturated carbocycles. The molecule has 0 aliphatic heterocycles. The molecular weight excluding hydrogens is 234 g/mol. The van der Waals surface area contributed by atoms with E-state index in [0.717, 1.165) is 11.0 Å². The molecule has 0 unspecified atom stereocenters. The van der Waals surface area contributed by atoms with E-state index in [1.807, 2.05) is 11.3 Å². The quantitative estimate of drug-likeness (QED) is 0.782. The van der Waals surface area contributed by atoms with E-state index in [0.29, 0.717) is 0 Å². The molecule has 0 aromatic carbocycles. The molecule has 1 fully saturated rings. The summed E-state index contributed by atoms with van der Waals surface area (Å²) in [7, 11) is 0. The molecule has 1 aromatic heterocycles. The molecule has 0 bridgehead atoms. The van der Waals surface area contributed by atoms with Crippen molar-refractivity contribution in [1.29, 1.82) is 0 Å². The second-order valence-electron chi connectivity index (χ2n) is 5.59. The molecule has 90 valence electrons. The van der Waals surface area contributed by atoms with Gasteiger partial charge in [-0.15, -0.1) is 11.3 Å². The summed E-state index contributed by atoms with van der Waals surface area (Å²) in [6.07, 6.45) is 5.70. The van der Waals surface area contributed by atoms with Gasteiger partial charge in [-0.1, -0.05) is 33.6 Å². The van der Waals surface area contributed by atoms with E-state index < -0.39 is 0 Å². The highest BCUT2D eigenvalue weighted by Gasteiger charge is 2.19. The molecule has 0 amide bonds. The second-order valence-corrected chi connectivity index (χ2v) is 7.83. The Balaban J connectivity index is 1.87. The summed E-state index contributed by atoms with van der Waals surface area (Å²) >= 11 is 3.94. The van der Waals surface area contributed by atoms with Crippen LogP contribution in [0.3, 0.4) is 0 Å². The Hall–Kier alpha value is -0.0200. The van der Waals surface area contributed by atoms with Crippen molar-refractivity contribution in [2.75, 3.05) is 0 Å². The van der Waals surface area contributed by atoms with Crippen molar-refractivity contribution in [3.63, 3.8) is 0 Å². The molecule has 1 nitrogen and oxygen atoms in total. The number of rotatable bonds is 3. The minimum atomic E-state index is 0.201. The Morgan fingerprint density at radius 3 is 2.62 bits per heavy atom. The highest BCUT2D eigenvalue weighted by atomic mass is 32.2. The summed E-state index contributed by atoms with van der Waals surface area (Å²) in [5.74, 6) is 1.12. The average molecular weight is 255 g/mol. The zero-order valence-electron chi connectivity index (χ0n) is 10.5. The minimum absolute atomic E-state index is 0.201. The van der Waals surface area contributed by atoms with Crippen LogP contribution >= 0.6 is 23.1 Å². The third-order valence-corrected chi connectivity index (χ3v) is 5.48.